The molecule has 3 nitrogen and oxygen atoms in total. The van der Waals surface area contributed by atoms with Crippen molar-refractivity contribution in [2.45, 2.75) is 13.3 Å². The van der Waals surface area contributed by atoms with Crippen LogP contribution < -0.4 is 0 Å². The van der Waals surface area contributed by atoms with Crippen LogP contribution in [0.15, 0.2) is 30.3 Å². The maximum absolute atomic E-state index is 9.00. The molecule has 0 aliphatic carbocycles. The van der Waals surface area contributed by atoms with Crippen molar-refractivity contribution in [2.24, 2.45) is 0 Å². The lowest BCUT2D eigenvalue weighted by Crippen LogP contribution is -1.96. The first-order chi connectivity index (χ1) is 7.77. The Morgan fingerprint density at radius 2 is 2.06 bits per heavy atom. The second-order valence-corrected chi connectivity index (χ2v) is 3.68. The zero-order valence-corrected chi connectivity index (χ0v) is 9.57. The molecule has 1 aromatic carbocycles. The lowest BCUT2D eigenvalue weighted by Gasteiger charge is -2.01. The highest BCUT2D eigenvalue weighted by molar-refractivity contribution is 6.31. The van der Waals surface area contributed by atoms with E-state index in [0.29, 0.717) is 17.1 Å². The van der Waals surface area contributed by atoms with E-state index in [4.69, 9.17) is 16.9 Å². The van der Waals surface area contributed by atoms with Crippen molar-refractivity contribution in [3.8, 4) is 11.8 Å². The molecule has 16 heavy (non-hydrogen) atoms. The smallest absolute Gasteiger partial charge is 0.150 e. The Bertz CT molecular complexity index is 537. The van der Waals surface area contributed by atoms with Crippen molar-refractivity contribution < 1.29 is 0 Å². The molecule has 80 valence electrons. The molecule has 2 aromatic rings. The Balaban J connectivity index is 2.60. The molecular formula is C12H10ClN3. The van der Waals surface area contributed by atoms with Crippen molar-refractivity contribution in [1.82, 2.24) is 9.78 Å². The fourth-order valence-corrected chi connectivity index (χ4v) is 1.82. The molecule has 0 N–H and O–H groups in total. The van der Waals surface area contributed by atoms with Gasteiger partial charge in [0.1, 0.15) is 11.6 Å². The molecule has 0 saturated carbocycles. The lowest BCUT2D eigenvalue weighted by atomic mass is 10.2. The van der Waals surface area contributed by atoms with E-state index in [9.17, 15) is 0 Å². The number of rotatable bonds is 2. The van der Waals surface area contributed by atoms with E-state index < -0.39 is 0 Å². The Kier molecular flexibility index (Phi) is 2.93. The average molecular weight is 232 g/mol. The van der Waals surface area contributed by atoms with E-state index in [1.54, 1.807) is 4.68 Å². The van der Waals surface area contributed by atoms with Gasteiger partial charge in [0, 0.05) is 0 Å². The SMILES string of the molecule is CCc1nn(-c2ccccc2)c(Cl)c1C#N. The standard InChI is InChI=1S/C12H10ClN3/c1-2-11-10(8-14)12(13)16(15-11)9-6-4-3-5-7-9/h3-7H,2H2,1H3. The van der Waals surface area contributed by atoms with Crippen LogP contribution in [-0.2, 0) is 6.42 Å². The Labute approximate surface area is 98.9 Å². The highest BCUT2D eigenvalue weighted by atomic mass is 35.5. The first-order valence-electron chi connectivity index (χ1n) is 5.00. The minimum absolute atomic E-state index is 0.380. The zero-order valence-electron chi connectivity index (χ0n) is 8.81. The largest absolute Gasteiger partial charge is 0.221 e. The van der Waals surface area contributed by atoms with Gasteiger partial charge in [0.2, 0.25) is 0 Å². The maximum Gasteiger partial charge on any atom is 0.150 e. The van der Waals surface area contributed by atoms with Gasteiger partial charge < -0.3 is 0 Å². The molecule has 0 atom stereocenters. The monoisotopic (exact) mass is 231 g/mol. The van der Waals surface area contributed by atoms with E-state index in [-0.39, 0.29) is 0 Å². The average Bonchev–Trinajstić information content (AvgIpc) is 2.66. The normalized spacial score (nSPS) is 10.1. The van der Waals surface area contributed by atoms with Gasteiger partial charge in [-0.05, 0) is 18.6 Å². The van der Waals surface area contributed by atoms with Crippen molar-refractivity contribution in [3.63, 3.8) is 0 Å². The summed E-state index contributed by atoms with van der Waals surface area (Å²) >= 11 is 6.12. The third-order valence-corrected chi connectivity index (χ3v) is 2.70. The molecule has 1 heterocycles. The Morgan fingerprint density at radius 1 is 1.38 bits per heavy atom. The molecule has 4 heteroatoms. The highest BCUT2D eigenvalue weighted by Crippen LogP contribution is 2.23. The van der Waals surface area contributed by atoms with Gasteiger partial charge in [-0.25, -0.2) is 4.68 Å². The minimum atomic E-state index is 0.380. The van der Waals surface area contributed by atoms with E-state index >= 15 is 0 Å². The van der Waals surface area contributed by atoms with Gasteiger partial charge in [0.05, 0.1) is 11.4 Å². The van der Waals surface area contributed by atoms with Gasteiger partial charge >= 0.3 is 0 Å². The van der Waals surface area contributed by atoms with Gasteiger partial charge in [-0.2, -0.15) is 10.4 Å². The van der Waals surface area contributed by atoms with Crippen LogP contribution in [0.2, 0.25) is 5.15 Å². The number of benzene rings is 1. The van der Waals surface area contributed by atoms with E-state index in [1.165, 1.54) is 0 Å². The molecule has 0 saturated heterocycles. The van der Waals surface area contributed by atoms with Crippen molar-refractivity contribution >= 4 is 11.6 Å². The number of hydrogen-bond acceptors (Lipinski definition) is 2. The van der Waals surface area contributed by atoms with Crippen LogP contribution in [0.3, 0.4) is 0 Å². The maximum atomic E-state index is 9.00. The minimum Gasteiger partial charge on any atom is -0.221 e. The molecular weight excluding hydrogens is 222 g/mol. The van der Waals surface area contributed by atoms with Gasteiger partial charge in [0.15, 0.2) is 5.15 Å². The summed E-state index contributed by atoms with van der Waals surface area (Å²) in [6.07, 6.45) is 0.697. The van der Waals surface area contributed by atoms with Gasteiger partial charge in [-0.15, -0.1) is 0 Å². The Morgan fingerprint density at radius 3 is 2.56 bits per heavy atom. The number of aryl methyl sites for hydroxylation is 1. The summed E-state index contributed by atoms with van der Waals surface area (Å²) in [5.74, 6) is 0. The van der Waals surface area contributed by atoms with Crippen LogP contribution in [0.25, 0.3) is 5.69 Å². The summed E-state index contributed by atoms with van der Waals surface area (Å²) < 4.78 is 1.60. The third-order valence-electron chi connectivity index (χ3n) is 2.35. The van der Waals surface area contributed by atoms with Crippen molar-refractivity contribution in [1.29, 1.82) is 5.26 Å². The fourth-order valence-electron chi connectivity index (χ4n) is 1.54. The highest BCUT2D eigenvalue weighted by Gasteiger charge is 2.15. The molecule has 0 spiro atoms. The first-order valence-corrected chi connectivity index (χ1v) is 5.38. The number of nitrogens with zero attached hydrogens (tertiary/aromatic N) is 3. The van der Waals surface area contributed by atoms with E-state index in [2.05, 4.69) is 11.2 Å². The molecule has 2 rings (SSSR count). The van der Waals surface area contributed by atoms with E-state index in [0.717, 1.165) is 11.4 Å². The fraction of sp³-hybridized carbons (Fsp3) is 0.167. The molecule has 0 bridgehead atoms. The second-order valence-electron chi connectivity index (χ2n) is 3.33. The zero-order chi connectivity index (χ0) is 11.5. The number of nitriles is 1. The summed E-state index contributed by atoms with van der Waals surface area (Å²) in [5.41, 5.74) is 2.06. The van der Waals surface area contributed by atoms with E-state index in [1.807, 2.05) is 37.3 Å². The van der Waals surface area contributed by atoms with Gasteiger partial charge in [-0.1, -0.05) is 36.7 Å². The molecule has 0 fully saturated rings. The van der Waals surface area contributed by atoms with Crippen molar-refractivity contribution in [3.05, 3.63) is 46.7 Å². The number of halogens is 1. The number of para-hydroxylation sites is 1. The summed E-state index contributed by atoms with van der Waals surface area (Å²) in [4.78, 5) is 0. The topological polar surface area (TPSA) is 41.6 Å². The Hall–Kier alpha value is -1.79. The van der Waals surface area contributed by atoms with Crippen LogP contribution in [-0.4, -0.2) is 9.78 Å². The predicted octanol–water partition coefficient (Wildman–Crippen LogP) is 2.96. The summed E-state index contributed by atoms with van der Waals surface area (Å²) in [6.45, 7) is 1.95. The van der Waals surface area contributed by atoms with Crippen LogP contribution in [0.1, 0.15) is 18.2 Å². The molecule has 0 radical (unpaired) electrons. The molecule has 0 aliphatic rings. The van der Waals surface area contributed by atoms with Gasteiger partial charge in [-0.3, -0.25) is 0 Å². The summed E-state index contributed by atoms with van der Waals surface area (Å²) in [6, 6.07) is 11.6. The van der Waals surface area contributed by atoms with Crippen LogP contribution in [0, 0.1) is 11.3 Å². The molecule has 0 amide bonds. The molecule has 0 unspecified atom stereocenters. The third kappa shape index (κ3) is 1.68. The quantitative estimate of drug-likeness (QED) is 0.798. The van der Waals surface area contributed by atoms with Crippen LogP contribution in [0.4, 0.5) is 0 Å². The molecule has 1 aromatic heterocycles. The second kappa shape index (κ2) is 4.38. The van der Waals surface area contributed by atoms with Crippen LogP contribution >= 0.6 is 11.6 Å². The number of aromatic nitrogens is 2. The molecule has 0 aliphatic heterocycles. The first kappa shape index (κ1) is 10.7. The summed E-state index contributed by atoms with van der Waals surface area (Å²) in [5, 5.41) is 13.7. The summed E-state index contributed by atoms with van der Waals surface area (Å²) in [7, 11) is 0. The predicted molar refractivity (Wildman–Crippen MR) is 62.7 cm³/mol. The number of hydrogen-bond donors (Lipinski definition) is 0. The van der Waals surface area contributed by atoms with Crippen molar-refractivity contribution in [2.75, 3.05) is 0 Å². The van der Waals surface area contributed by atoms with Gasteiger partial charge in [0.25, 0.3) is 0 Å². The lowest BCUT2D eigenvalue weighted by molar-refractivity contribution is 0.842. The van der Waals surface area contributed by atoms with Crippen LogP contribution in [0.5, 0.6) is 0 Å².